The Labute approximate surface area is 122 Å². The van der Waals surface area contributed by atoms with Crippen LogP contribution in [0, 0.1) is 5.92 Å². The highest BCUT2D eigenvalue weighted by Crippen LogP contribution is 2.17. The van der Waals surface area contributed by atoms with Crippen LogP contribution in [0.15, 0.2) is 24.3 Å². The van der Waals surface area contributed by atoms with Crippen LogP contribution in [0.25, 0.3) is 0 Å². The molecule has 0 fully saturated rings. The standard InChI is InChI=1S/C15H19NO5/c1-2-5-10(14(18)19)8-9-13(17)16-12-7-4-3-6-11(12)15(20)21/h3-4,6-7,10H,2,5,8-9H2,1H3,(H,16,17)(H,18,19)(H,20,21)/t10-/m0/s1. The Bertz CT molecular complexity index is 527. The van der Waals surface area contributed by atoms with Crippen LogP contribution < -0.4 is 5.32 Å². The lowest BCUT2D eigenvalue weighted by Crippen LogP contribution is -2.19. The maximum atomic E-state index is 11.8. The van der Waals surface area contributed by atoms with Crippen LogP contribution >= 0.6 is 0 Å². The number of para-hydroxylation sites is 1. The first-order chi connectivity index (χ1) is 9.95. The summed E-state index contributed by atoms with van der Waals surface area (Å²) in [5, 5.41) is 20.5. The number of anilines is 1. The van der Waals surface area contributed by atoms with Crippen LogP contribution in [0.1, 0.15) is 43.0 Å². The van der Waals surface area contributed by atoms with Crippen molar-refractivity contribution in [3.63, 3.8) is 0 Å². The summed E-state index contributed by atoms with van der Waals surface area (Å²) in [5.74, 6) is -2.96. The number of amides is 1. The molecule has 21 heavy (non-hydrogen) atoms. The van der Waals surface area contributed by atoms with Crippen LogP contribution in [0.5, 0.6) is 0 Å². The van der Waals surface area contributed by atoms with E-state index in [1.54, 1.807) is 12.1 Å². The number of aliphatic carboxylic acids is 1. The summed E-state index contributed by atoms with van der Waals surface area (Å²) in [6.45, 7) is 1.89. The molecule has 0 spiro atoms. The molecule has 6 heteroatoms. The minimum Gasteiger partial charge on any atom is -0.481 e. The minimum atomic E-state index is -1.12. The highest BCUT2D eigenvalue weighted by Gasteiger charge is 2.18. The van der Waals surface area contributed by atoms with E-state index in [-0.39, 0.29) is 30.0 Å². The first-order valence-electron chi connectivity index (χ1n) is 6.80. The zero-order chi connectivity index (χ0) is 15.8. The second-order valence-corrected chi connectivity index (χ2v) is 4.76. The molecule has 0 aliphatic rings. The molecule has 1 atom stereocenters. The summed E-state index contributed by atoms with van der Waals surface area (Å²) in [7, 11) is 0. The first-order valence-corrected chi connectivity index (χ1v) is 6.80. The van der Waals surface area contributed by atoms with Crippen molar-refractivity contribution in [3.8, 4) is 0 Å². The molecule has 0 bridgehead atoms. The van der Waals surface area contributed by atoms with Gasteiger partial charge in [-0.15, -0.1) is 0 Å². The van der Waals surface area contributed by atoms with Crippen LogP contribution in [0.3, 0.4) is 0 Å². The SMILES string of the molecule is CCC[C@@H](CCC(=O)Nc1ccccc1C(=O)O)C(=O)O. The summed E-state index contributed by atoms with van der Waals surface area (Å²) >= 11 is 0. The minimum absolute atomic E-state index is 0.00851. The van der Waals surface area contributed by atoms with Crippen molar-refractivity contribution in [2.45, 2.75) is 32.6 Å². The molecule has 1 amide bonds. The normalized spacial score (nSPS) is 11.7. The van der Waals surface area contributed by atoms with Gasteiger partial charge in [0.2, 0.25) is 5.91 Å². The second kappa shape index (κ2) is 8.04. The molecule has 6 nitrogen and oxygen atoms in total. The summed E-state index contributed by atoms with van der Waals surface area (Å²) < 4.78 is 0. The fraction of sp³-hybridized carbons (Fsp3) is 0.400. The van der Waals surface area contributed by atoms with Gasteiger partial charge in [0.15, 0.2) is 0 Å². The van der Waals surface area contributed by atoms with Gasteiger partial charge in [-0.2, -0.15) is 0 Å². The number of hydrogen-bond donors (Lipinski definition) is 3. The predicted molar refractivity (Wildman–Crippen MR) is 77.3 cm³/mol. The van der Waals surface area contributed by atoms with Crippen LogP contribution in [-0.2, 0) is 9.59 Å². The lowest BCUT2D eigenvalue weighted by Gasteiger charge is -2.12. The zero-order valence-electron chi connectivity index (χ0n) is 11.8. The first kappa shape index (κ1) is 16.7. The van der Waals surface area contributed by atoms with Gasteiger partial charge in [0.1, 0.15) is 0 Å². The maximum Gasteiger partial charge on any atom is 0.337 e. The second-order valence-electron chi connectivity index (χ2n) is 4.76. The summed E-state index contributed by atoms with van der Waals surface area (Å²) in [5.41, 5.74) is 0.228. The Morgan fingerprint density at radius 1 is 1.14 bits per heavy atom. The number of carbonyl (C=O) groups excluding carboxylic acids is 1. The fourth-order valence-electron chi connectivity index (χ4n) is 2.04. The molecule has 0 heterocycles. The molecule has 1 aromatic carbocycles. The zero-order valence-corrected chi connectivity index (χ0v) is 11.8. The molecule has 1 rings (SSSR count). The number of hydrogen-bond acceptors (Lipinski definition) is 3. The van der Waals surface area contributed by atoms with Crippen molar-refractivity contribution in [2.24, 2.45) is 5.92 Å². The lowest BCUT2D eigenvalue weighted by molar-refractivity contribution is -0.142. The van der Waals surface area contributed by atoms with Crippen LogP contribution in [-0.4, -0.2) is 28.1 Å². The summed E-state index contributed by atoms with van der Waals surface area (Å²) in [6.07, 6.45) is 1.55. The number of aromatic carboxylic acids is 1. The monoisotopic (exact) mass is 293 g/mol. The van der Waals surface area contributed by atoms with Crippen LogP contribution in [0.4, 0.5) is 5.69 Å². The molecule has 0 saturated heterocycles. The topological polar surface area (TPSA) is 104 Å². The molecule has 0 aliphatic carbocycles. The van der Waals surface area contributed by atoms with E-state index < -0.39 is 17.9 Å². The smallest absolute Gasteiger partial charge is 0.337 e. The van der Waals surface area contributed by atoms with Gasteiger partial charge in [0.25, 0.3) is 0 Å². The van der Waals surface area contributed by atoms with E-state index in [1.807, 2.05) is 6.92 Å². The van der Waals surface area contributed by atoms with Crippen molar-refractivity contribution in [1.29, 1.82) is 0 Å². The third-order valence-corrected chi connectivity index (χ3v) is 3.14. The highest BCUT2D eigenvalue weighted by atomic mass is 16.4. The van der Waals surface area contributed by atoms with Gasteiger partial charge >= 0.3 is 11.9 Å². The molecule has 0 aromatic heterocycles. The van der Waals surface area contributed by atoms with E-state index in [1.165, 1.54) is 12.1 Å². The van der Waals surface area contributed by atoms with Crippen molar-refractivity contribution in [3.05, 3.63) is 29.8 Å². The summed E-state index contributed by atoms with van der Waals surface area (Å²) in [6, 6.07) is 6.09. The van der Waals surface area contributed by atoms with Crippen molar-refractivity contribution < 1.29 is 24.6 Å². The van der Waals surface area contributed by atoms with Gasteiger partial charge in [0, 0.05) is 6.42 Å². The molecule has 0 radical (unpaired) electrons. The van der Waals surface area contributed by atoms with Gasteiger partial charge in [-0.3, -0.25) is 9.59 Å². The molecule has 3 N–H and O–H groups in total. The number of carbonyl (C=O) groups is 3. The third-order valence-electron chi connectivity index (χ3n) is 3.14. The van der Waals surface area contributed by atoms with E-state index >= 15 is 0 Å². The van der Waals surface area contributed by atoms with Crippen molar-refractivity contribution in [1.82, 2.24) is 0 Å². The van der Waals surface area contributed by atoms with Gasteiger partial charge in [0.05, 0.1) is 17.2 Å². The lowest BCUT2D eigenvalue weighted by atomic mass is 9.98. The van der Waals surface area contributed by atoms with E-state index in [0.29, 0.717) is 6.42 Å². The quantitative estimate of drug-likeness (QED) is 0.683. The molecule has 114 valence electrons. The Hall–Kier alpha value is -2.37. The number of rotatable bonds is 8. The molecular formula is C15H19NO5. The van der Waals surface area contributed by atoms with Gasteiger partial charge in [-0.05, 0) is 25.0 Å². The predicted octanol–water partition coefficient (Wildman–Crippen LogP) is 2.60. The molecule has 0 unspecified atom stereocenters. The molecule has 0 saturated carbocycles. The number of benzene rings is 1. The Balaban J connectivity index is 2.62. The van der Waals surface area contributed by atoms with Crippen molar-refractivity contribution >= 4 is 23.5 Å². The number of carboxylic acids is 2. The Kier molecular flexibility index (Phi) is 6.39. The van der Waals surface area contributed by atoms with E-state index in [2.05, 4.69) is 5.32 Å². The van der Waals surface area contributed by atoms with Crippen molar-refractivity contribution in [2.75, 3.05) is 5.32 Å². The van der Waals surface area contributed by atoms with Crippen LogP contribution in [0.2, 0.25) is 0 Å². The summed E-state index contributed by atoms with van der Waals surface area (Å²) in [4.78, 5) is 33.8. The number of nitrogens with one attached hydrogen (secondary N) is 1. The van der Waals surface area contributed by atoms with Gasteiger partial charge in [-0.1, -0.05) is 25.5 Å². The fourth-order valence-corrected chi connectivity index (χ4v) is 2.04. The van der Waals surface area contributed by atoms with E-state index in [0.717, 1.165) is 6.42 Å². The Morgan fingerprint density at radius 2 is 1.81 bits per heavy atom. The third kappa shape index (κ3) is 5.25. The largest absolute Gasteiger partial charge is 0.481 e. The average Bonchev–Trinajstić information content (AvgIpc) is 2.43. The number of carboxylic acid groups (broad SMARTS) is 2. The van der Waals surface area contributed by atoms with E-state index in [9.17, 15) is 14.4 Å². The molecule has 1 aromatic rings. The molecule has 0 aliphatic heterocycles. The van der Waals surface area contributed by atoms with Gasteiger partial charge < -0.3 is 15.5 Å². The Morgan fingerprint density at radius 3 is 2.38 bits per heavy atom. The average molecular weight is 293 g/mol. The van der Waals surface area contributed by atoms with E-state index in [4.69, 9.17) is 10.2 Å². The maximum absolute atomic E-state index is 11.8. The van der Waals surface area contributed by atoms with Gasteiger partial charge in [-0.25, -0.2) is 4.79 Å². The highest BCUT2D eigenvalue weighted by molar-refractivity contribution is 6.00. The molecular weight excluding hydrogens is 274 g/mol.